The van der Waals surface area contributed by atoms with Gasteiger partial charge in [0.05, 0.1) is 12.0 Å². The van der Waals surface area contributed by atoms with Crippen molar-refractivity contribution in [1.29, 1.82) is 0 Å². The molecule has 2 amide bonds. The van der Waals surface area contributed by atoms with Crippen molar-refractivity contribution in [3.63, 3.8) is 0 Å². The van der Waals surface area contributed by atoms with Crippen LogP contribution in [0.5, 0.6) is 0 Å². The summed E-state index contributed by atoms with van der Waals surface area (Å²) < 4.78 is 0.991. The Kier molecular flexibility index (Phi) is 5.62. The first-order chi connectivity index (χ1) is 10.4. The molecule has 1 saturated heterocycles. The molecule has 0 unspecified atom stereocenters. The Hall–Kier alpha value is -1.36. The summed E-state index contributed by atoms with van der Waals surface area (Å²) in [5, 5.41) is 3.02. The Balaban J connectivity index is 1.94. The van der Waals surface area contributed by atoms with Crippen LogP contribution in [0.1, 0.15) is 38.8 Å². The van der Waals surface area contributed by atoms with Gasteiger partial charge in [0.1, 0.15) is 0 Å². The van der Waals surface area contributed by atoms with Crippen LogP contribution in [-0.4, -0.2) is 29.8 Å². The van der Waals surface area contributed by atoms with Gasteiger partial charge in [-0.2, -0.15) is 0 Å². The molecular weight excluding hydrogens is 344 g/mol. The smallest absolute Gasteiger partial charge is 0.225 e. The number of likely N-dealkylation sites (tertiary alicyclic amines) is 1. The molecule has 1 N–H and O–H groups in total. The lowest BCUT2D eigenvalue weighted by molar-refractivity contribution is -0.129. The van der Waals surface area contributed by atoms with Crippen LogP contribution < -0.4 is 5.32 Å². The zero-order chi connectivity index (χ0) is 16.3. The van der Waals surface area contributed by atoms with Gasteiger partial charge in [-0.05, 0) is 30.5 Å². The van der Waals surface area contributed by atoms with Gasteiger partial charge in [0.15, 0.2) is 0 Å². The summed E-state index contributed by atoms with van der Waals surface area (Å²) in [6.45, 7) is 7.38. The van der Waals surface area contributed by atoms with Crippen LogP contribution in [0, 0.1) is 11.8 Å². The van der Waals surface area contributed by atoms with E-state index in [0.717, 1.165) is 16.6 Å². The predicted molar refractivity (Wildman–Crippen MR) is 90.2 cm³/mol. The number of halogens is 1. The lowest BCUT2D eigenvalue weighted by Crippen LogP contribution is -2.35. The van der Waals surface area contributed by atoms with Crippen molar-refractivity contribution in [1.82, 2.24) is 10.2 Å². The number of benzene rings is 1. The third kappa shape index (κ3) is 4.32. The largest absolute Gasteiger partial charge is 0.349 e. The molecule has 0 aliphatic carbocycles. The summed E-state index contributed by atoms with van der Waals surface area (Å²) in [7, 11) is 0. The van der Waals surface area contributed by atoms with Gasteiger partial charge in [0.2, 0.25) is 11.8 Å². The average molecular weight is 367 g/mol. The number of hydrogen-bond acceptors (Lipinski definition) is 2. The van der Waals surface area contributed by atoms with Gasteiger partial charge in [-0.25, -0.2) is 0 Å². The van der Waals surface area contributed by atoms with Crippen LogP contribution in [0.25, 0.3) is 0 Å². The fourth-order valence-corrected chi connectivity index (χ4v) is 3.17. The summed E-state index contributed by atoms with van der Waals surface area (Å²) in [5.41, 5.74) is 1.05. The SMILES string of the molecule is CC(C)CN1C[C@H](C(=O)N[C@@H](C)c2cccc(Br)c2)CC1=O. The molecule has 1 fully saturated rings. The Bertz CT molecular complexity index is 559. The molecule has 1 aliphatic heterocycles. The number of rotatable bonds is 5. The van der Waals surface area contributed by atoms with E-state index in [4.69, 9.17) is 0 Å². The van der Waals surface area contributed by atoms with E-state index in [9.17, 15) is 9.59 Å². The third-order valence-corrected chi connectivity index (χ3v) is 4.37. The third-order valence-electron chi connectivity index (χ3n) is 3.88. The van der Waals surface area contributed by atoms with Gasteiger partial charge in [-0.15, -0.1) is 0 Å². The maximum atomic E-state index is 12.4. The van der Waals surface area contributed by atoms with E-state index >= 15 is 0 Å². The van der Waals surface area contributed by atoms with E-state index in [1.54, 1.807) is 4.90 Å². The molecule has 0 saturated carbocycles. The van der Waals surface area contributed by atoms with Crippen molar-refractivity contribution in [2.45, 2.75) is 33.2 Å². The highest BCUT2D eigenvalue weighted by atomic mass is 79.9. The molecule has 1 aromatic rings. The summed E-state index contributed by atoms with van der Waals surface area (Å²) in [6.07, 6.45) is 0.323. The second kappa shape index (κ2) is 7.27. The van der Waals surface area contributed by atoms with Gasteiger partial charge in [0, 0.05) is 24.0 Å². The maximum absolute atomic E-state index is 12.4. The topological polar surface area (TPSA) is 49.4 Å². The quantitative estimate of drug-likeness (QED) is 0.869. The van der Waals surface area contributed by atoms with E-state index in [1.807, 2.05) is 31.2 Å². The summed E-state index contributed by atoms with van der Waals surface area (Å²) in [4.78, 5) is 26.2. The molecule has 1 aromatic carbocycles. The Labute approximate surface area is 140 Å². The molecule has 22 heavy (non-hydrogen) atoms. The van der Waals surface area contributed by atoms with Crippen molar-refractivity contribution in [2.24, 2.45) is 11.8 Å². The first kappa shape index (κ1) is 17.0. The normalized spacial score (nSPS) is 19.6. The van der Waals surface area contributed by atoms with Crippen LogP contribution in [0.2, 0.25) is 0 Å². The van der Waals surface area contributed by atoms with E-state index < -0.39 is 0 Å². The first-order valence-corrected chi connectivity index (χ1v) is 8.49. The number of nitrogens with one attached hydrogen (secondary N) is 1. The Morgan fingerprint density at radius 3 is 2.77 bits per heavy atom. The van der Waals surface area contributed by atoms with Crippen molar-refractivity contribution in [3.05, 3.63) is 34.3 Å². The zero-order valence-corrected chi connectivity index (χ0v) is 14.9. The van der Waals surface area contributed by atoms with Crippen LogP contribution in [0.4, 0.5) is 0 Å². The zero-order valence-electron chi connectivity index (χ0n) is 13.3. The highest BCUT2D eigenvalue weighted by Crippen LogP contribution is 2.22. The fourth-order valence-electron chi connectivity index (χ4n) is 2.76. The molecule has 5 heteroatoms. The maximum Gasteiger partial charge on any atom is 0.225 e. The van der Waals surface area contributed by atoms with Gasteiger partial charge < -0.3 is 10.2 Å². The standard InChI is InChI=1S/C17H23BrN2O2/c1-11(2)9-20-10-14(8-16(20)21)17(22)19-12(3)13-5-4-6-15(18)7-13/h4-7,11-12,14H,8-10H2,1-3H3,(H,19,22)/t12-,14+/m0/s1. The molecule has 120 valence electrons. The van der Waals surface area contributed by atoms with E-state index in [2.05, 4.69) is 35.1 Å². The van der Waals surface area contributed by atoms with Crippen LogP contribution in [0.3, 0.4) is 0 Å². The highest BCUT2D eigenvalue weighted by molar-refractivity contribution is 9.10. The van der Waals surface area contributed by atoms with Crippen molar-refractivity contribution < 1.29 is 9.59 Å². The minimum absolute atomic E-state index is 0.0351. The second-order valence-corrected chi connectivity index (χ2v) is 7.29. The molecule has 1 aliphatic rings. The fraction of sp³-hybridized carbons (Fsp3) is 0.529. The van der Waals surface area contributed by atoms with Crippen molar-refractivity contribution in [3.8, 4) is 0 Å². The number of carbonyl (C=O) groups excluding carboxylic acids is 2. The number of hydrogen-bond donors (Lipinski definition) is 1. The van der Waals surface area contributed by atoms with E-state index in [1.165, 1.54) is 0 Å². The molecule has 0 aromatic heterocycles. The second-order valence-electron chi connectivity index (χ2n) is 6.38. The average Bonchev–Trinajstić information content (AvgIpc) is 2.79. The number of nitrogens with zero attached hydrogens (tertiary/aromatic N) is 1. The number of carbonyl (C=O) groups is 2. The van der Waals surface area contributed by atoms with Crippen LogP contribution in [0.15, 0.2) is 28.7 Å². The minimum Gasteiger partial charge on any atom is -0.349 e. The molecule has 0 spiro atoms. The van der Waals surface area contributed by atoms with Gasteiger partial charge in [-0.3, -0.25) is 9.59 Å². The summed E-state index contributed by atoms with van der Waals surface area (Å²) in [6, 6.07) is 7.82. The predicted octanol–water partition coefficient (Wildman–Crippen LogP) is 3.13. The highest BCUT2D eigenvalue weighted by Gasteiger charge is 2.34. The Morgan fingerprint density at radius 2 is 2.14 bits per heavy atom. The monoisotopic (exact) mass is 366 g/mol. The lowest BCUT2D eigenvalue weighted by atomic mass is 10.1. The Morgan fingerprint density at radius 1 is 1.41 bits per heavy atom. The lowest BCUT2D eigenvalue weighted by Gasteiger charge is -2.20. The summed E-state index contributed by atoms with van der Waals surface area (Å²) >= 11 is 3.44. The van der Waals surface area contributed by atoms with Gasteiger partial charge >= 0.3 is 0 Å². The van der Waals surface area contributed by atoms with Crippen molar-refractivity contribution >= 4 is 27.7 Å². The number of amides is 2. The van der Waals surface area contributed by atoms with Gasteiger partial charge in [-0.1, -0.05) is 41.9 Å². The molecule has 2 rings (SSSR count). The van der Waals surface area contributed by atoms with Crippen LogP contribution >= 0.6 is 15.9 Å². The molecule has 2 atom stereocenters. The first-order valence-electron chi connectivity index (χ1n) is 7.70. The molecule has 0 radical (unpaired) electrons. The molecule has 1 heterocycles. The van der Waals surface area contributed by atoms with Crippen LogP contribution in [-0.2, 0) is 9.59 Å². The van der Waals surface area contributed by atoms with Gasteiger partial charge in [0.25, 0.3) is 0 Å². The molecular formula is C17H23BrN2O2. The summed E-state index contributed by atoms with van der Waals surface area (Å²) in [5.74, 6) is 0.239. The van der Waals surface area contributed by atoms with E-state index in [-0.39, 0.29) is 23.8 Å². The van der Waals surface area contributed by atoms with Crippen molar-refractivity contribution in [2.75, 3.05) is 13.1 Å². The molecule has 0 bridgehead atoms. The molecule has 4 nitrogen and oxygen atoms in total. The van der Waals surface area contributed by atoms with E-state index in [0.29, 0.717) is 18.9 Å². The minimum atomic E-state index is -0.235.